The van der Waals surface area contributed by atoms with Crippen molar-refractivity contribution in [2.24, 2.45) is 5.41 Å². The van der Waals surface area contributed by atoms with E-state index in [9.17, 15) is 0 Å². The third kappa shape index (κ3) is 5.74. The normalized spacial score (nSPS) is 32.3. The summed E-state index contributed by atoms with van der Waals surface area (Å²) in [5.41, 5.74) is 0.500. The Balaban J connectivity index is 1.95. The molecule has 4 heteroatoms. The molecule has 2 aliphatic heterocycles. The van der Waals surface area contributed by atoms with Gasteiger partial charge < -0.3 is 15.0 Å². The van der Waals surface area contributed by atoms with E-state index in [-0.39, 0.29) is 5.54 Å². The van der Waals surface area contributed by atoms with E-state index in [1.807, 2.05) is 0 Å². The van der Waals surface area contributed by atoms with Crippen molar-refractivity contribution in [1.29, 1.82) is 0 Å². The highest BCUT2D eigenvalue weighted by atomic mass is 32.2. The van der Waals surface area contributed by atoms with Gasteiger partial charge in [-0.1, -0.05) is 6.92 Å². The molecule has 0 aliphatic carbocycles. The first kappa shape index (κ1) is 17.6. The lowest BCUT2D eigenvalue weighted by molar-refractivity contribution is -0.0283. The number of rotatable bonds is 5. The van der Waals surface area contributed by atoms with Crippen LogP contribution in [0.2, 0.25) is 0 Å². The molecule has 2 heterocycles. The largest absolute Gasteiger partial charge is 0.381 e. The third-order valence-corrected chi connectivity index (χ3v) is 6.01. The maximum absolute atomic E-state index is 5.87. The Morgan fingerprint density at radius 3 is 2.81 bits per heavy atom. The van der Waals surface area contributed by atoms with E-state index in [2.05, 4.69) is 49.7 Å². The summed E-state index contributed by atoms with van der Waals surface area (Å²) in [7, 11) is 0. The van der Waals surface area contributed by atoms with Gasteiger partial charge in [-0.3, -0.25) is 0 Å². The van der Waals surface area contributed by atoms with Gasteiger partial charge in [0.25, 0.3) is 0 Å². The highest BCUT2D eigenvalue weighted by molar-refractivity contribution is 8.00. The first-order valence-electron chi connectivity index (χ1n) is 8.59. The SMILES string of the molecule is CCC1CN(CC2(CNC(C)(C)C)CCCOC2)CCS1. The molecule has 2 saturated heterocycles. The lowest BCUT2D eigenvalue weighted by atomic mass is 9.81. The van der Waals surface area contributed by atoms with Gasteiger partial charge in [0.15, 0.2) is 0 Å². The zero-order chi connectivity index (χ0) is 15.3. The van der Waals surface area contributed by atoms with Crippen LogP contribution in [0.15, 0.2) is 0 Å². The van der Waals surface area contributed by atoms with Crippen LogP contribution in [0, 0.1) is 5.41 Å². The lowest BCUT2D eigenvalue weighted by Crippen LogP contribution is -2.54. The van der Waals surface area contributed by atoms with Crippen LogP contribution in [0.4, 0.5) is 0 Å². The quantitative estimate of drug-likeness (QED) is 0.843. The monoisotopic (exact) mass is 314 g/mol. The predicted molar refractivity (Wildman–Crippen MR) is 93.2 cm³/mol. The maximum atomic E-state index is 5.87. The summed E-state index contributed by atoms with van der Waals surface area (Å²) in [5, 5.41) is 4.56. The highest BCUT2D eigenvalue weighted by Crippen LogP contribution is 2.32. The molecule has 2 unspecified atom stereocenters. The first-order valence-corrected chi connectivity index (χ1v) is 9.64. The third-order valence-electron chi connectivity index (χ3n) is 4.64. The summed E-state index contributed by atoms with van der Waals surface area (Å²) in [4.78, 5) is 2.70. The van der Waals surface area contributed by atoms with E-state index in [0.29, 0.717) is 5.41 Å². The Labute approximate surface area is 135 Å². The predicted octanol–water partition coefficient (Wildman–Crippen LogP) is 3.00. The van der Waals surface area contributed by atoms with Crippen molar-refractivity contribution in [3.8, 4) is 0 Å². The zero-order valence-electron chi connectivity index (χ0n) is 14.4. The van der Waals surface area contributed by atoms with Crippen molar-refractivity contribution < 1.29 is 4.74 Å². The Morgan fingerprint density at radius 1 is 1.38 bits per heavy atom. The summed E-state index contributed by atoms with van der Waals surface area (Å²) in [6.07, 6.45) is 3.81. The van der Waals surface area contributed by atoms with Crippen LogP contribution in [0.3, 0.4) is 0 Å². The molecule has 0 spiro atoms. The van der Waals surface area contributed by atoms with Crippen LogP contribution in [0.25, 0.3) is 0 Å². The van der Waals surface area contributed by atoms with Gasteiger partial charge in [-0.15, -0.1) is 0 Å². The second-order valence-electron chi connectivity index (χ2n) is 7.90. The van der Waals surface area contributed by atoms with Gasteiger partial charge in [-0.25, -0.2) is 0 Å². The van der Waals surface area contributed by atoms with E-state index < -0.39 is 0 Å². The van der Waals surface area contributed by atoms with Gasteiger partial charge in [-0.2, -0.15) is 11.8 Å². The Hall–Kier alpha value is 0.230. The highest BCUT2D eigenvalue weighted by Gasteiger charge is 2.36. The van der Waals surface area contributed by atoms with Crippen LogP contribution >= 0.6 is 11.8 Å². The minimum atomic E-state index is 0.189. The van der Waals surface area contributed by atoms with Crippen LogP contribution in [0.1, 0.15) is 47.0 Å². The fraction of sp³-hybridized carbons (Fsp3) is 1.00. The van der Waals surface area contributed by atoms with E-state index in [4.69, 9.17) is 4.74 Å². The van der Waals surface area contributed by atoms with Gasteiger partial charge in [0.1, 0.15) is 0 Å². The molecule has 2 atom stereocenters. The smallest absolute Gasteiger partial charge is 0.0546 e. The van der Waals surface area contributed by atoms with Crippen molar-refractivity contribution in [1.82, 2.24) is 10.2 Å². The van der Waals surface area contributed by atoms with Crippen LogP contribution in [-0.2, 0) is 4.74 Å². The minimum Gasteiger partial charge on any atom is -0.381 e. The molecule has 0 aromatic heterocycles. The molecule has 0 radical (unpaired) electrons. The summed E-state index contributed by atoms with van der Waals surface area (Å²) < 4.78 is 5.87. The van der Waals surface area contributed by atoms with Crippen molar-refractivity contribution >= 4 is 11.8 Å². The van der Waals surface area contributed by atoms with Gasteiger partial charge in [-0.05, 0) is 40.0 Å². The standard InChI is InChI=1S/C17H34N2OS/c1-5-15-11-19(8-10-21-15)13-17(7-6-9-20-14-17)12-18-16(2,3)4/h15,18H,5-14H2,1-4H3. The second-order valence-corrected chi connectivity index (χ2v) is 9.30. The number of ether oxygens (including phenoxy) is 1. The molecule has 3 nitrogen and oxygen atoms in total. The molecule has 0 bridgehead atoms. The molecule has 2 aliphatic rings. The number of nitrogens with zero attached hydrogens (tertiary/aromatic N) is 1. The number of hydrogen-bond acceptors (Lipinski definition) is 4. The van der Waals surface area contributed by atoms with Crippen LogP contribution in [-0.4, -0.2) is 60.8 Å². The van der Waals surface area contributed by atoms with Crippen LogP contribution < -0.4 is 5.32 Å². The fourth-order valence-electron chi connectivity index (χ4n) is 3.33. The zero-order valence-corrected chi connectivity index (χ0v) is 15.2. The first-order chi connectivity index (χ1) is 9.92. The number of hydrogen-bond donors (Lipinski definition) is 1. The van der Waals surface area contributed by atoms with Gasteiger partial charge in [0.05, 0.1) is 6.61 Å². The van der Waals surface area contributed by atoms with Crippen molar-refractivity contribution in [3.63, 3.8) is 0 Å². The van der Waals surface area contributed by atoms with Gasteiger partial charge in [0, 0.05) is 54.7 Å². The Morgan fingerprint density at radius 2 is 2.19 bits per heavy atom. The minimum absolute atomic E-state index is 0.189. The molecule has 0 saturated carbocycles. The number of thioether (sulfide) groups is 1. The molecule has 2 rings (SSSR count). The molecule has 0 aromatic rings. The fourth-order valence-corrected chi connectivity index (χ4v) is 4.58. The van der Waals surface area contributed by atoms with E-state index in [1.54, 1.807) is 0 Å². The summed E-state index contributed by atoms with van der Waals surface area (Å²) in [6, 6.07) is 0. The van der Waals surface area contributed by atoms with Crippen molar-refractivity contribution in [2.45, 2.75) is 57.7 Å². The van der Waals surface area contributed by atoms with E-state index in [1.165, 1.54) is 44.6 Å². The molecular formula is C17H34N2OS. The van der Waals surface area contributed by atoms with Crippen molar-refractivity contribution in [3.05, 3.63) is 0 Å². The molecular weight excluding hydrogens is 280 g/mol. The van der Waals surface area contributed by atoms with E-state index in [0.717, 1.165) is 25.0 Å². The average Bonchev–Trinajstić information content (AvgIpc) is 2.46. The van der Waals surface area contributed by atoms with Crippen molar-refractivity contribution in [2.75, 3.05) is 45.1 Å². The molecule has 21 heavy (non-hydrogen) atoms. The lowest BCUT2D eigenvalue weighted by Gasteiger charge is -2.44. The van der Waals surface area contributed by atoms with E-state index >= 15 is 0 Å². The summed E-state index contributed by atoms with van der Waals surface area (Å²) in [5.74, 6) is 1.29. The molecule has 0 amide bonds. The summed E-state index contributed by atoms with van der Waals surface area (Å²) >= 11 is 2.16. The molecule has 0 aromatic carbocycles. The Bertz CT molecular complexity index is 310. The molecule has 2 fully saturated rings. The topological polar surface area (TPSA) is 24.5 Å². The van der Waals surface area contributed by atoms with Gasteiger partial charge >= 0.3 is 0 Å². The average molecular weight is 315 g/mol. The molecule has 1 N–H and O–H groups in total. The molecule has 124 valence electrons. The summed E-state index contributed by atoms with van der Waals surface area (Å²) in [6.45, 7) is 15.8. The Kier molecular flexibility index (Phi) is 6.42. The van der Waals surface area contributed by atoms with Gasteiger partial charge in [0.2, 0.25) is 0 Å². The van der Waals surface area contributed by atoms with Crippen LogP contribution in [0.5, 0.6) is 0 Å². The number of nitrogens with one attached hydrogen (secondary N) is 1. The second kappa shape index (κ2) is 7.67. The maximum Gasteiger partial charge on any atom is 0.0546 e.